The van der Waals surface area contributed by atoms with Crippen LogP contribution >= 0.6 is 0 Å². The molecule has 0 spiro atoms. The van der Waals surface area contributed by atoms with Gasteiger partial charge in [-0.3, -0.25) is 18.9 Å². The van der Waals surface area contributed by atoms with E-state index in [1.165, 1.54) is 9.47 Å². The topological polar surface area (TPSA) is 89.5 Å². The standard InChI is InChI=1S/C28H16F32O8/c1-5-9(61)63-7-13(31,23(47,48)49)67-27(57,58)17(35)18(36,28(59,60)68-14(32,24(50,51)52)8-64-10(62)6-2)20(39,40)16(34,26(55,56)66-12(4,30)22(44,45)46)15(33,19(17,37)38)25(53,54)65-11(3,29)21(41,42)43/h5-6H,1-2,7-8H2,3-4H3. The summed E-state index contributed by atoms with van der Waals surface area (Å²) in [5.74, 6) is -56.6. The average Bonchev–Trinajstić information content (AvgIpc) is 3.10. The predicted molar refractivity (Wildman–Crippen MR) is 143 cm³/mol. The van der Waals surface area contributed by atoms with Crippen LogP contribution in [0.1, 0.15) is 13.8 Å². The number of carbonyl (C=O) groups excluding carboxylic acids is 2. The molecule has 8 atom stereocenters. The van der Waals surface area contributed by atoms with Crippen molar-refractivity contribution in [2.45, 2.75) is 121 Å². The van der Waals surface area contributed by atoms with Crippen LogP contribution in [0.5, 0.6) is 0 Å². The molecule has 0 aliphatic heterocycles. The van der Waals surface area contributed by atoms with Crippen molar-refractivity contribution in [1.29, 1.82) is 0 Å². The smallest absolute Gasteiger partial charge is 0.452 e. The predicted octanol–water partition coefficient (Wildman–Crippen LogP) is 11.0. The Morgan fingerprint density at radius 1 is 0.382 bits per heavy atom. The van der Waals surface area contributed by atoms with E-state index in [0.29, 0.717) is 0 Å². The first-order valence-corrected chi connectivity index (χ1v) is 15.7. The number of alkyl halides is 32. The lowest BCUT2D eigenvalue weighted by Gasteiger charge is -2.63. The van der Waals surface area contributed by atoms with Crippen molar-refractivity contribution in [1.82, 2.24) is 0 Å². The molecule has 0 heterocycles. The van der Waals surface area contributed by atoms with Gasteiger partial charge in [-0.1, -0.05) is 13.2 Å². The first-order chi connectivity index (χ1) is 29.2. The molecule has 0 saturated heterocycles. The number of halogens is 32. The molecule has 1 rings (SSSR count). The van der Waals surface area contributed by atoms with Gasteiger partial charge in [-0.2, -0.15) is 114 Å². The quantitative estimate of drug-likeness (QED) is 0.0762. The molecule has 40 heteroatoms. The second-order valence-corrected chi connectivity index (χ2v) is 13.2. The summed E-state index contributed by atoms with van der Waals surface area (Å²) in [6, 6.07) is 0. The van der Waals surface area contributed by atoms with Crippen LogP contribution in [0.3, 0.4) is 0 Å². The van der Waals surface area contributed by atoms with Crippen LogP contribution in [0.4, 0.5) is 140 Å². The number of esters is 2. The number of ether oxygens (including phenoxy) is 6. The van der Waals surface area contributed by atoms with Gasteiger partial charge in [0.25, 0.3) is 0 Å². The maximum Gasteiger partial charge on any atom is 0.452 e. The highest BCUT2D eigenvalue weighted by atomic mass is 19.4. The Kier molecular flexibility index (Phi) is 15.4. The summed E-state index contributed by atoms with van der Waals surface area (Å²) in [5, 5.41) is 0. The van der Waals surface area contributed by atoms with Crippen molar-refractivity contribution < 1.29 is 179 Å². The zero-order valence-corrected chi connectivity index (χ0v) is 31.3. The first kappa shape index (κ1) is 62.0. The zero-order valence-electron chi connectivity index (χ0n) is 31.3. The molecule has 0 amide bonds. The Labute approximate surface area is 351 Å². The lowest BCUT2D eigenvalue weighted by atomic mass is 9.54. The van der Waals surface area contributed by atoms with Crippen LogP contribution < -0.4 is 0 Å². The fourth-order valence-corrected chi connectivity index (χ4v) is 4.94. The molecule has 1 aliphatic rings. The minimum Gasteiger partial charge on any atom is -0.456 e. The Hall–Kier alpha value is -3.98. The second-order valence-electron chi connectivity index (χ2n) is 13.2. The minimum atomic E-state index is -10.7. The molecule has 1 fully saturated rings. The molecule has 68 heavy (non-hydrogen) atoms. The molecule has 0 N–H and O–H groups in total. The maximum atomic E-state index is 16.9. The van der Waals surface area contributed by atoms with Gasteiger partial charge in [-0.15, -0.1) is 0 Å². The number of hydrogen-bond acceptors (Lipinski definition) is 8. The second kappa shape index (κ2) is 16.8. The van der Waals surface area contributed by atoms with E-state index in [4.69, 9.17) is 0 Å². The van der Waals surface area contributed by atoms with Crippen molar-refractivity contribution in [3.05, 3.63) is 25.3 Å². The molecular weight excluding hydrogens is 1070 g/mol. The fraction of sp³-hybridized carbons (Fsp3) is 0.786. The van der Waals surface area contributed by atoms with Gasteiger partial charge in [0.1, 0.15) is 0 Å². The highest BCUT2D eigenvalue weighted by Crippen LogP contribution is 2.79. The minimum absolute atomic E-state index is 0.550. The number of hydrogen-bond donors (Lipinski definition) is 0. The molecule has 1 saturated carbocycles. The fourth-order valence-electron chi connectivity index (χ4n) is 4.94. The zero-order chi connectivity index (χ0) is 55.2. The van der Waals surface area contributed by atoms with E-state index in [2.05, 4.69) is 22.6 Å². The highest BCUT2D eigenvalue weighted by molar-refractivity contribution is 5.81. The SMILES string of the molecule is C=CC(=O)OCC(F)(OC(F)(F)C1(F)C(F)(F)C(F)(C(F)(F)OC(C)(F)C(F)(F)F)C(F)(C(F)(F)OC(C)(F)C(F)(F)F)C(F)(F)C1(F)C(F)(F)OC(F)(COC(=O)C=C)C(F)(F)F)C(F)(F)F. The van der Waals surface area contributed by atoms with E-state index in [9.17, 15) is 71.1 Å². The Morgan fingerprint density at radius 3 is 0.735 bits per heavy atom. The van der Waals surface area contributed by atoms with Gasteiger partial charge in [0, 0.05) is 26.0 Å². The third-order valence-electron chi connectivity index (χ3n) is 8.50. The summed E-state index contributed by atoms with van der Waals surface area (Å²) in [4.78, 5) is 22.3. The van der Waals surface area contributed by atoms with E-state index in [0.717, 1.165) is 0 Å². The Morgan fingerprint density at radius 2 is 0.574 bits per heavy atom. The summed E-state index contributed by atoms with van der Waals surface area (Å²) in [7, 11) is 0. The van der Waals surface area contributed by atoms with Crippen LogP contribution in [-0.4, -0.2) is 132 Å². The molecule has 8 unspecified atom stereocenters. The van der Waals surface area contributed by atoms with Gasteiger partial charge in [0.2, 0.25) is 0 Å². The molecule has 1 aliphatic carbocycles. The van der Waals surface area contributed by atoms with Crippen molar-refractivity contribution >= 4 is 11.9 Å². The van der Waals surface area contributed by atoms with Crippen molar-refractivity contribution in [2.75, 3.05) is 13.2 Å². The van der Waals surface area contributed by atoms with E-state index < -0.39 is 158 Å². The first-order valence-electron chi connectivity index (χ1n) is 15.7. The average molecular weight is 1090 g/mol. The van der Waals surface area contributed by atoms with Crippen LogP contribution in [0.15, 0.2) is 25.3 Å². The van der Waals surface area contributed by atoms with Gasteiger partial charge in [-0.05, 0) is 0 Å². The molecular formula is C28H16F32O8. The van der Waals surface area contributed by atoms with E-state index >= 15 is 79.0 Å². The maximum absolute atomic E-state index is 16.9. The van der Waals surface area contributed by atoms with Crippen LogP contribution in [0.2, 0.25) is 0 Å². The molecule has 400 valence electrons. The third-order valence-corrected chi connectivity index (χ3v) is 8.50. The van der Waals surface area contributed by atoms with Crippen molar-refractivity contribution in [3.63, 3.8) is 0 Å². The summed E-state index contributed by atoms with van der Waals surface area (Å²) < 4.78 is 490. The van der Waals surface area contributed by atoms with E-state index in [1.807, 2.05) is 0 Å². The van der Waals surface area contributed by atoms with Crippen LogP contribution in [-0.2, 0) is 38.0 Å². The van der Waals surface area contributed by atoms with Crippen molar-refractivity contribution in [3.8, 4) is 0 Å². The Balaban J connectivity index is 5.30. The summed E-state index contributed by atoms with van der Waals surface area (Å²) >= 11 is 0. The largest absolute Gasteiger partial charge is 0.456 e. The summed E-state index contributed by atoms with van der Waals surface area (Å²) in [6.45, 7) is -7.60. The lowest BCUT2D eigenvalue weighted by Crippen LogP contribution is -2.98. The van der Waals surface area contributed by atoms with Crippen molar-refractivity contribution in [2.24, 2.45) is 0 Å². The van der Waals surface area contributed by atoms with Gasteiger partial charge >= 0.3 is 119 Å². The molecule has 0 aromatic heterocycles. The third kappa shape index (κ3) is 8.80. The molecule has 0 bridgehead atoms. The summed E-state index contributed by atoms with van der Waals surface area (Å²) in [5.41, 5.74) is -42.4. The molecule has 0 radical (unpaired) electrons. The van der Waals surface area contributed by atoms with Gasteiger partial charge in [-0.25, -0.2) is 35.9 Å². The number of carbonyl (C=O) groups is 2. The van der Waals surface area contributed by atoms with Gasteiger partial charge in [0.05, 0.1) is 0 Å². The van der Waals surface area contributed by atoms with Gasteiger partial charge in [0.15, 0.2) is 13.2 Å². The summed E-state index contributed by atoms with van der Waals surface area (Å²) in [6.07, 6.45) is -71.7. The van der Waals surface area contributed by atoms with E-state index in [-0.39, 0.29) is 0 Å². The van der Waals surface area contributed by atoms with Crippen LogP contribution in [0.25, 0.3) is 0 Å². The monoisotopic (exact) mass is 1090 g/mol. The molecule has 0 aromatic rings. The lowest BCUT2D eigenvalue weighted by molar-refractivity contribution is -0.591. The van der Waals surface area contributed by atoms with Gasteiger partial charge < -0.3 is 9.47 Å². The molecule has 0 aromatic carbocycles. The Bertz CT molecular complexity index is 1770. The number of rotatable bonds is 18. The highest BCUT2D eigenvalue weighted by Gasteiger charge is 3.13. The van der Waals surface area contributed by atoms with Crippen LogP contribution in [0, 0.1) is 0 Å². The molecule has 8 nitrogen and oxygen atoms in total. The van der Waals surface area contributed by atoms with E-state index in [1.54, 1.807) is 9.47 Å². The normalized spacial score (nSPS) is 29.1.